The minimum atomic E-state index is -0.461. The normalized spacial score (nSPS) is 14.2. The van der Waals surface area contributed by atoms with Crippen molar-refractivity contribution in [3.8, 4) is 11.6 Å². The van der Waals surface area contributed by atoms with Crippen molar-refractivity contribution < 1.29 is 9.50 Å². The lowest BCUT2D eigenvalue weighted by atomic mass is 10.0. The van der Waals surface area contributed by atoms with Gasteiger partial charge in [-0.2, -0.15) is 0 Å². The van der Waals surface area contributed by atoms with Crippen molar-refractivity contribution in [3.63, 3.8) is 0 Å². The fourth-order valence-corrected chi connectivity index (χ4v) is 3.43. The van der Waals surface area contributed by atoms with E-state index in [-0.39, 0.29) is 16.3 Å². The van der Waals surface area contributed by atoms with Crippen LogP contribution in [0.25, 0.3) is 17.3 Å². The minimum Gasteiger partial charge on any atom is -0.493 e. The Balaban J connectivity index is 1.83. The Morgan fingerprint density at radius 2 is 2.04 bits per heavy atom. The maximum Gasteiger partial charge on any atom is 0.222 e. The summed E-state index contributed by atoms with van der Waals surface area (Å²) in [5, 5.41) is 10.6. The first-order valence-electron chi connectivity index (χ1n) is 8.27. The molecule has 2 heterocycles. The third-order valence-electron chi connectivity index (χ3n) is 4.43. The molecule has 0 bridgehead atoms. The third kappa shape index (κ3) is 2.59. The largest absolute Gasteiger partial charge is 0.493 e. The van der Waals surface area contributed by atoms with E-state index in [9.17, 15) is 9.50 Å². The van der Waals surface area contributed by atoms with Crippen LogP contribution in [-0.2, 0) is 6.42 Å². The summed E-state index contributed by atoms with van der Waals surface area (Å²) < 4.78 is 15.6. The molecule has 0 radical (unpaired) electrons. The molecule has 0 spiro atoms. The number of aromatic amines is 1. The van der Waals surface area contributed by atoms with E-state index in [0.717, 1.165) is 23.2 Å². The summed E-state index contributed by atoms with van der Waals surface area (Å²) in [5.41, 5.74) is 4.60. The molecule has 4 rings (SSSR count). The Labute approximate surface area is 155 Å². The quantitative estimate of drug-likeness (QED) is 0.627. The van der Waals surface area contributed by atoms with Crippen molar-refractivity contribution in [2.75, 3.05) is 0 Å². The molecular weight excluding hydrogens is 349 g/mol. The predicted octanol–water partition coefficient (Wildman–Crippen LogP) is 5.20. The molecule has 0 fully saturated rings. The number of allylic oxidation sites excluding steroid dienone is 1. The lowest BCUT2D eigenvalue weighted by molar-refractivity contribution is 0.438. The van der Waals surface area contributed by atoms with Crippen molar-refractivity contribution in [1.82, 2.24) is 9.55 Å². The second kappa shape index (κ2) is 6.38. The average molecular weight is 365 g/mol. The zero-order valence-electron chi connectivity index (χ0n) is 14.0. The van der Waals surface area contributed by atoms with E-state index in [2.05, 4.69) is 23.0 Å². The van der Waals surface area contributed by atoms with E-state index in [0.29, 0.717) is 5.69 Å². The van der Waals surface area contributed by atoms with E-state index in [1.807, 2.05) is 12.1 Å². The van der Waals surface area contributed by atoms with Crippen LogP contribution in [0, 0.1) is 10.6 Å². The summed E-state index contributed by atoms with van der Waals surface area (Å²) in [6, 6.07) is 12.2. The number of hydrogen-bond acceptors (Lipinski definition) is 3. The number of para-hydroxylation sites is 2. The van der Waals surface area contributed by atoms with Crippen LogP contribution in [0.5, 0.6) is 5.88 Å². The highest BCUT2D eigenvalue weighted by Crippen LogP contribution is 2.37. The number of aromatic hydroxyl groups is 1. The number of hydrogen-bond donors (Lipinski definition) is 2. The van der Waals surface area contributed by atoms with E-state index < -0.39 is 5.82 Å². The molecule has 0 saturated heterocycles. The summed E-state index contributed by atoms with van der Waals surface area (Å²) in [6.45, 7) is 2.09. The second-order valence-corrected chi connectivity index (χ2v) is 6.37. The molecule has 0 unspecified atom stereocenters. The lowest BCUT2D eigenvalue weighted by Gasteiger charge is -2.06. The van der Waals surface area contributed by atoms with Gasteiger partial charge in [0.25, 0.3) is 0 Å². The van der Waals surface area contributed by atoms with Crippen LogP contribution in [0.2, 0.25) is 0 Å². The maximum absolute atomic E-state index is 14.1. The molecule has 0 amide bonds. The number of imidazole rings is 1. The van der Waals surface area contributed by atoms with Crippen LogP contribution in [0.4, 0.5) is 10.1 Å². The molecule has 26 heavy (non-hydrogen) atoms. The second-order valence-electron chi connectivity index (χ2n) is 5.98. The van der Waals surface area contributed by atoms with Crippen molar-refractivity contribution in [3.05, 3.63) is 69.9 Å². The van der Waals surface area contributed by atoms with E-state index in [1.54, 1.807) is 30.5 Å². The summed E-state index contributed by atoms with van der Waals surface area (Å²) in [7, 11) is 0. The molecule has 1 aliphatic rings. The van der Waals surface area contributed by atoms with Gasteiger partial charge in [-0.05, 0) is 42.4 Å². The molecule has 4 nitrogen and oxygen atoms in total. The molecule has 0 atom stereocenters. The van der Waals surface area contributed by atoms with E-state index in [4.69, 9.17) is 12.2 Å². The van der Waals surface area contributed by atoms with Crippen molar-refractivity contribution in [1.29, 1.82) is 0 Å². The third-order valence-corrected chi connectivity index (χ3v) is 4.72. The fraction of sp³-hybridized carbons (Fsp3) is 0.100. The maximum atomic E-state index is 14.1. The topological polar surface area (TPSA) is 53.3 Å². The monoisotopic (exact) mass is 365 g/mol. The van der Waals surface area contributed by atoms with Gasteiger partial charge in [-0.25, -0.2) is 4.39 Å². The van der Waals surface area contributed by atoms with E-state index in [1.165, 1.54) is 16.2 Å². The highest BCUT2D eigenvalue weighted by atomic mass is 32.1. The van der Waals surface area contributed by atoms with Crippen LogP contribution >= 0.6 is 12.2 Å². The van der Waals surface area contributed by atoms with Crippen molar-refractivity contribution >= 4 is 35.8 Å². The van der Waals surface area contributed by atoms with Crippen LogP contribution in [-0.4, -0.2) is 20.9 Å². The smallest absolute Gasteiger partial charge is 0.222 e. The number of fused-ring (bicyclic) bond motifs is 1. The Morgan fingerprint density at radius 3 is 2.81 bits per heavy atom. The van der Waals surface area contributed by atoms with Gasteiger partial charge < -0.3 is 10.1 Å². The SMILES string of the molecule is CCc1cccc2c1N=C/C2=C/c1[nH]c(=S)n(-c2ccccc2F)c1O. The van der Waals surface area contributed by atoms with E-state index >= 15 is 0 Å². The number of rotatable bonds is 3. The number of aliphatic imine (C=N–C) groups is 1. The molecule has 1 aromatic heterocycles. The predicted molar refractivity (Wildman–Crippen MR) is 104 cm³/mol. The van der Waals surface area contributed by atoms with Crippen LogP contribution in [0.15, 0.2) is 47.5 Å². The van der Waals surface area contributed by atoms with Crippen molar-refractivity contribution in [2.45, 2.75) is 13.3 Å². The number of H-pyrrole nitrogens is 1. The molecule has 0 saturated carbocycles. The molecule has 0 aliphatic carbocycles. The van der Waals surface area contributed by atoms with Gasteiger partial charge >= 0.3 is 0 Å². The summed E-state index contributed by atoms with van der Waals surface area (Å²) in [6.07, 6.45) is 4.43. The molecular formula is C20H16FN3OS. The summed E-state index contributed by atoms with van der Waals surface area (Å²) in [4.78, 5) is 7.45. The summed E-state index contributed by atoms with van der Waals surface area (Å²) in [5.74, 6) is -0.599. The van der Waals surface area contributed by atoms with Gasteiger partial charge in [0.05, 0.1) is 11.4 Å². The number of benzene rings is 2. The Hall–Kier alpha value is -2.99. The zero-order chi connectivity index (χ0) is 18.3. The van der Waals surface area contributed by atoms with Crippen molar-refractivity contribution in [2.24, 2.45) is 4.99 Å². The molecule has 2 N–H and O–H groups in total. The number of nitrogens with one attached hydrogen (secondary N) is 1. The van der Waals surface area contributed by atoms with Gasteiger partial charge in [0.15, 0.2) is 4.77 Å². The first kappa shape index (κ1) is 16.5. The van der Waals surface area contributed by atoms with Gasteiger partial charge in [-0.3, -0.25) is 9.56 Å². The average Bonchev–Trinajstić information content (AvgIpc) is 3.17. The summed E-state index contributed by atoms with van der Waals surface area (Å²) >= 11 is 5.28. The number of aryl methyl sites for hydroxylation is 1. The van der Waals surface area contributed by atoms with Gasteiger partial charge in [-0.15, -0.1) is 0 Å². The Morgan fingerprint density at radius 1 is 1.23 bits per heavy atom. The number of halogens is 1. The highest BCUT2D eigenvalue weighted by Gasteiger charge is 2.18. The van der Waals surface area contributed by atoms with Crippen LogP contribution < -0.4 is 0 Å². The highest BCUT2D eigenvalue weighted by molar-refractivity contribution is 7.71. The minimum absolute atomic E-state index is 0.138. The van der Waals surface area contributed by atoms with Gasteiger partial charge in [-0.1, -0.05) is 37.3 Å². The van der Waals surface area contributed by atoms with Crippen LogP contribution in [0.1, 0.15) is 23.7 Å². The van der Waals surface area contributed by atoms with Gasteiger partial charge in [0.1, 0.15) is 11.5 Å². The lowest BCUT2D eigenvalue weighted by Crippen LogP contribution is -1.96. The molecule has 3 aromatic rings. The molecule has 6 heteroatoms. The standard InChI is InChI=1S/C20H16FN3OS/c1-2-12-6-5-7-14-13(11-22-18(12)14)10-16-19(25)24(20(26)23-16)17-9-4-3-8-15(17)21/h3-11,25H,2H2,1H3,(H,23,26)/b13-10-. The number of aromatic nitrogens is 2. The zero-order valence-corrected chi connectivity index (χ0v) is 14.8. The Bertz CT molecular complexity index is 1120. The molecule has 130 valence electrons. The Kier molecular flexibility index (Phi) is 4.05. The first-order chi connectivity index (χ1) is 12.6. The van der Waals surface area contributed by atoms with Gasteiger partial charge in [0.2, 0.25) is 5.88 Å². The van der Waals surface area contributed by atoms with Crippen LogP contribution in [0.3, 0.4) is 0 Å². The fourth-order valence-electron chi connectivity index (χ4n) is 3.14. The molecule has 1 aliphatic heterocycles. The number of nitrogens with zero attached hydrogens (tertiary/aromatic N) is 2. The first-order valence-corrected chi connectivity index (χ1v) is 8.68. The van der Waals surface area contributed by atoms with Gasteiger partial charge in [0, 0.05) is 17.4 Å². The molecule has 2 aromatic carbocycles.